The van der Waals surface area contributed by atoms with E-state index < -0.39 is 0 Å². The molecule has 5 aromatic rings. The number of fused-ring (bicyclic) bond motifs is 6. The van der Waals surface area contributed by atoms with E-state index in [4.69, 9.17) is 15.0 Å². The molecular weight excluding hydrogens is 440 g/mol. The minimum Gasteiger partial charge on any atom is -0.256 e. The van der Waals surface area contributed by atoms with Crippen LogP contribution >= 0.6 is 0 Å². The van der Waals surface area contributed by atoms with E-state index in [1.165, 1.54) is 33.4 Å². The lowest BCUT2D eigenvalue weighted by molar-refractivity contribution is 0.651. The fraction of sp³-hybridized carbons (Fsp3) is 0.188. The molecule has 4 nitrogen and oxygen atoms in total. The molecule has 0 unspecified atom stereocenters. The van der Waals surface area contributed by atoms with Crippen LogP contribution in [0.25, 0.3) is 45.2 Å². The van der Waals surface area contributed by atoms with Crippen molar-refractivity contribution >= 4 is 0 Å². The van der Waals surface area contributed by atoms with Crippen LogP contribution in [0.15, 0.2) is 85.3 Å². The molecule has 0 amide bonds. The summed E-state index contributed by atoms with van der Waals surface area (Å²) in [6.45, 7) is 9.16. The van der Waals surface area contributed by atoms with Crippen molar-refractivity contribution in [1.82, 2.24) is 19.9 Å². The Bertz CT molecular complexity index is 1680. The first kappa shape index (κ1) is 21.1. The number of pyridine rings is 2. The molecule has 2 aliphatic carbocycles. The summed E-state index contributed by atoms with van der Waals surface area (Å²) in [5.74, 6) is 0.695. The van der Waals surface area contributed by atoms with E-state index in [9.17, 15) is 0 Å². The normalized spacial score (nSPS) is 15.7. The van der Waals surface area contributed by atoms with Crippen LogP contribution in [0.5, 0.6) is 0 Å². The lowest BCUT2D eigenvalue weighted by Gasteiger charge is -2.24. The molecule has 0 bridgehead atoms. The van der Waals surface area contributed by atoms with Gasteiger partial charge in [-0.05, 0) is 52.6 Å². The van der Waals surface area contributed by atoms with Gasteiger partial charge in [-0.3, -0.25) is 9.97 Å². The summed E-state index contributed by atoms with van der Waals surface area (Å²) in [4.78, 5) is 19.2. The second-order valence-electron chi connectivity index (χ2n) is 10.8. The molecule has 2 aliphatic rings. The van der Waals surface area contributed by atoms with Gasteiger partial charge in [-0.1, -0.05) is 64.1 Å². The van der Waals surface area contributed by atoms with Crippen LogP contribution < -0.4 is 0 Å². The first-order valence-electron chi connectivity index (χ1n) is 12.4. The van der Waals surface area contributed by atoms with E-state index in [1.807, 2.05) is 48.9 Å². The molecule has 0 saturated carbocycles. The van der Waals surface area contributed by atoms with Crippen molar-refractivity contribution in [3.8, 4) is 45.2 Å². The summed E-state index contributed by atoms with van der Waals surface area (Å²) in [7, 11) is 0. The summed E-state index contributed by atoms with van der Waals surface area (Å²) in [6, 6.07) is 23.4. The van der Waals surface area contributed by atoms with Crippen molar-refractivity contribution in [3.05, 3.63) is 108 Å². The van der Waals surface area contributed by atoms with Crippen molar-refractivity contribution < 1.29 is 0 Å². The number of hydrogen-bond donors (Lipinski definition) is 0. The van der Waals surface area contributed by atoms with Gasteiger partial charge in [0.25, 0.3) is 0 Å². The Morgan fingerprint density at radius 3 is 2.00 bits per heavy atom. The van der Waals surface area contributed by atoms with Crippen molar-refractivity contribution in [2.75, 3.05) is 0 Å². The van der Waals surface area contributed by atoms with Crippen molar-refractivity contribution in [3.63, 3.8) is 0 Å². The van der Waals surface area contributed by atoms with E-state index in [-0.39, 0.29) is 10.8 Å². The molecule has 174 valence electrons. The van der Waals surface area contributed by atoms with Gasteiger partial charge in [-0.15, -0.1) is 0 Å². The fourth-order valence-corrected chi connectivity index (χ4v) is 5.99. The van der Waals surface area contributed by atoms with Gasteiger partial charge in [-0.2, -0.15) is 0 Å². The first-order chi connectivity index (χ1) is 17.4. The zero-order valence-corrected chi connectivity index (χ0v) is 20.9. The third-order valence-corrected chi connectivity index (χ3v) is 8.04. The van der Waals surface area contributed by atoms with Crippen molar-refractivity contribution in [2.45, 2.75) is 38.5 Å². The lowest BCUT2D eigenvalue weighted by atomic mass is 9.79. The molecule has 0 N–H and O–H groups in total. The van der Waals surface area contributed by atoms with Crippen molar-refractivity contribution in [2.24, 2.45) is 0 Å². The average Bonchev–Trinajstić information content (AvgIpc) is 3.27. The topological polar surface area (TPSA) is 51.6 Å². The molecule has 7 rings (SSSR count). The summed E-state index contributed by atoms with van der Waals surface area (Å²) in [5.41, 5.74) is 12.4. The molecule has 0 spiro atoms. The molecule has 3 heterocycles. The molecule has 0 fully saturated rings. The van der Waals surface area contributed by atoms with Gasteiger partial charge in [0.05, 0.1) is 17.1 Å². The van der Waals surface area contributed by atoms with E-state index >= 15 is 0 Å². The molecule has 0 radical (unpaired) electrons. The predicted octanol–water partition coefficient (Wildman–Crippen LogP) is 7.21. The summed E-state index contributed by atoms with van der Waals surface area (Å²) >= 11 is 0. The first-order valence-corrected chi connectivity index (χ1v) is 12.4. The summed E-state index contributed by atoms with van der Waals surface area (Å²) in [6.07, 6.45) is 5.65. The van der Waals surface area contributed by atoms with Crippen LogP contribution in [0.4, 0.5) is 0 Å². The smallest absolute Gasteiger partial charge is 0.161 e. The Morgan fingerprint density at radius 2 is 1.25 bits per heavy atom. The molecule has 4 heteroatoms. The average molecular weight is 467 g/mol. The number of hydrogen-bond acceptors (Lipinski definition) is 4. The van der Waals surface area contributed by atoms with Crippen LogP contribution in [0.2, 0.25) is 0 Å². The fourth-order valence-electron chi connectivity index (χ4n) is 5.99. The Balaban J connectivity index is 1.36. The Kier molecular flexibility index (Phi) is 4.21. The van der Waals surface area contributed by atoms with Crippen molar-refractivity contribution in [1.29, 1.82) is 0 Å². The maximum Gasteiger partial charge on any atom is 0.161 e. The third-order valence-electron chi connectivity index (χ3n) is 8.04. The Labute approximate surface area is 211 Å². The van der Waals surface area contributed by atoms with Gasteiger partial charge >= 0.3 is 0 Å². The molecule has 2 aromatic carbocycles. The summed E-state index contributed by atoms with van der Waals surface area (Å²) < 4.78 is 0. The SMILES string of the molecule is CC1(C)c2cc3c(cc2-c2ncccc21)C(C)(C)c1cc(-c2nccc(-c4ccccc4)n2)cnc1-3. The lowest BCUT2D eigenvalue weighted by Crippen LogP contribution is -2.17. The molecule has 36 heavy (non-hydrogen) atoms. The molecule has 0 saturated heterocycles. The van der Waals surface area contributed by atoms with E-state index in [1.54, 1.807) is 0 Å². The third kappa shape index (κ3) is 2.81. The highest BCUT2D eigenvalue weighted by atomic mass is 14.9. The highest BCUT2D eigenvalue weighted by Gasteiger charge is 2.42. The van der Waals surface area contributed by atoms with E-state index in [0.717, 1.165) is 28.2 Å². The van der Waals surface area contributed by atoms with Crippen LogP contribution in [0.3, 0.4) is 0 Å². The monoisotopic (exact) mass is 466 g/mol. The van der Waals surface area contributed by atoms with Gasteiger partial charge in [0.2, 0.25) is 0 Å². The second kappa shape index (κ2) is 7.17. The number of nitrogens with zero attached hydrogens (tertiary/aromatic N) is 4. The maximum atomic E-state index is 5.00. The van der Waals surface area contributed by atoms with Crippen LogP contribution in [0, 0.1) is 0 Å². The van der Waals surface area contributed by atoms with E-state index in [0.29, 0.717) is 5.82 Å². The maximum absolute atomic E-state index is 5.00. The standard InChI is InChI=1S/C32H26N4/c1-31(2)23-11-8-13-33-28(23)21-16-25-22(17-24(21)31)29-26(32(25,3)4)15-20(18-35-29)30-34-14-12-27(36-30)19-9-6-5-7-10-19/h5-18H,1-4H3. The zero-order chi connectivity index (χ0) is 24.7. The zero-order valence-electron chi connectivity index (χ0n) is 20.9. The molecule has 0 atom stereocenters. The minimum absolute atomic E-state index is 0.0908. The highest BCUT2D eigenvalue weighted by molar-refractivity contribution is 5.87. The molecule has 0 aliphatic heterocycles. The van der Waals surface area contributed by atoms with Crippen LogP contribution in [0.1, 0.15) is 49.9 Å². The van der Waals surface area contributed by atoms with Gasteiger partial charge in [-0.25, -0.2) is 9.97 Å². The van der Waals surface area contributed by atoms with Crippen LogP contribution in [-0.2, 0) is 10.8 Å². The largest absolute Gasteiger partial charge is 0.256 e. The quantitative estimate of drug-likeness (QED) is 0.276. The van der Waals surface area contributed by atoms with Crippen LogP contribution in [-0.4, -0.2) is 19.9 Å². The number of aromatic nitrogens is 4. The minimum atomic E-state index is -0.193. The van der Waals surface area contributed by atoms with E-state index in [2.05, 4.69) is 69.1 Å². The number of benzene rings is 2. The molecular formula is C32H26N4. The van der Waals surface area contributed by atoms with Gasteiger partial charge < -0.3 is 0 Å². The Morgan fingerprint density at radius 1 is 0.556 bits per heavy atom. The van der Waals surface area contributed by atoms with Gasteiger partial charge in [0.1, 0.15) is 0 Å². The van der Waals surface area contributed by atoms with Gasteiger partial charge in [0.15, 0.2) is 5.82 Å². The summed E-state index contributed by atoms with van der Waals surface area (Å²) in [5, 5.41) is 0. The second-order valence-corrected chi connectivity index (χ2v) is 10.8. The highest BCUT2D eigenvalue weighted by Crippen LogP contribution is 2.55. The predicted molar refractivity (Wildman–Crippen MR) is 144 cm³/mol. The Hall–Kier alpha value is -4.18. The number of rotatable bonds is 2. The van der Waals surface area contributed by atoms with Gasteiger partial charge in [0, 0.05) is 51.7 Å². The molecule has 3 aromatic heterocycles.